The van der Waals surface area contributed by atoms with Crippen LogP contribution < -0.4 is 0 Å². The highest BCUT2D eigenvalue weighted by molar-refractivity contribution is 6.64. The molecule has 1 aromatic rings. The number of hydrogen-bond donors (Lipinski definition) is 0. The average molecular weight is 309 g/mol. The summed E-state index contributed by atoms with van der Waals surface area (Å²) in [4.78, 5) is 22.0. The van der Waals surface area contributed by atoms with E-state index in [1.165, 1.54) is 0 Å². The molecule has 0 amide bonds. The summed E-state index contributed by atoms with van der Waals surface area (Å²) in [7, 11) is 0. The van der Waals surface area contributed by atoms with Gasteiger partial charge in [-0.1, -0.05) is 30.3 Å². The Balaban J connectivity index is 2.41. The van der Waals surface area contributed by atoms with E-state index in [1.54, 1.807) is 30.3 Å². The van der Waals surface area contributed by atoms with Crippen LogP contribution in [0.5, 0.6) is 0 Å². The molecule has 0 unspecified atom stereocenters. The van der Waals surface area contributed by atoms with E-state index in [2.05, 4.69) is 0 Å². The second-order valence-electron chi connectivity index (χ2n) is 4.08. The minimum absolute atomic E-state index is 0.0226. The van der Waals surface area contributed by atoms with Crippen LogP contribution in [0.4, 0.5) is 13.2 Å². The molecule has 0 aromatic heterocycles. The fraction of sp³-hybridized carbons (Fsp3) is 0.385. The van der Waals surface area contributed by atoms with E-state index in [4.69, 9.17) is 16.3 Å². The summed E-state index contributed by atoms with van der Waals surface area (Å²) in [6.07, 6.45) is -5.98. The molecule has 0 aliphatic carbocycles. The van der Waals surface area contributed by atoms with E-state index in [9.17, 15) is 22.8 Å². The Morgan fingerprint density at radius 2 is 1.80 bits per heavy atom. The lowest BCUT2D eigenvalue weighted by molar-refractivity contribution is -0.179. The molecule has 0 fully saturated rings. The fourth-order valence-electron chi connectivity index (χ4n) is 1.48. The number of alkyl halides is 3. The molecule has 1 aromatic carbocycles. The SMILES string of the molecule is O=C(CC[C@@H](C(=O)Cl)C(F)(F)F)OCc1ccccc1. The first-order valence-electron chi connectivity index (χ1n) is 5.76. The van der Waals surface area contributed by atoms with Gasteiger partial charge in [-0.15, -0.1) is 0 Å². The third-order valence-electron chi connectivity index (χ3n) is 2.55. The van der Waals surface area contributed by atoms with Crippen molar-refractivity contribution in [3.63, 3.8) is 0 Å². The van der Waals surface area contributed by atoms with Gasteiger partial charge in [0.1, 0.15) is 12.5 Å². The first-order valence-corrected chi connectivity index (χ1v) is 6.14. The maximum atomic E-state index is 12.4. The monoisotopic (exact) mass is 308 g/mol. The minimum Gasteiger partial charge on any atom is -0.461 e. The van der Waals surface area contributed by atoms with Gasteiger partial charge in [-0.05, 0) is 23.6 Å². The summed E-state index contributed by atoms with van der Waals surface area (Å²) in [5.74, 6) is -3.14. The number of esters is 1. The summed E-state index contributed by atoms with van der Waals surface area (Å²) in [6, 6.07) is 8.71. The predicted octanol–water partition coefficient (Wildman–Crippen LogP) is 3.45. The van der Waals surface area contributed by atoms with Crippen molar-refractivity contribution < 1.29 is 27.5 Å². The summed E-state index contributed by atoms with van der Waals surface area (Å²) in [5, 5.41) is -1.52. The van der Waals surface area contributed by atoms with Gasteiger partial charge in [0.05, 0.1) is 0 Å². The summed E-state index contributed by atoms with van der Waals surface area (Å²) < 4.78 is 42.1. The van der Waals surface area contributed by atoms with E-state index < -0.39 is 36.1 Å². The molecule has 0 bridgehead atoms. The maximum absolute atomic E-state index is 12.4. The summed E-state index contributed by atoms with van der Waals surface area (Å²) >= 11 is 4.87. The van der Waals surface area contributed by atoms with Gasteiger partial charge in [-0.3, -0.25) is 9.59 Å². The molecule has 1 atom stereocenters. The van der Waals surface area contributed by atoms with Crippen molar-refractivity contribution in [2.45, 2.75) is 25.6 Å². The Labute approximate surface area is 118 Å². The number of ether oxygens (including phenoxy) is 1. The Hall–Kier alpha value is -1.56. The second kappa shape index (κ2) is 7.28. The van der Waals surface area contributed by atoms with Crippen LogP contribution in [-0.4, -0.2) is 17.4 Å². The van der Waals surface area contributed by atoms with E-state index in [-0.39, 0.29) is 6.61 Å². The highest BCUT2D eigenvalue weighted by Gasteiger charge is 2.43. The van der Waals surface area contributed by atoms with Crippen molar-refractivity contribution in [3.05, 3.63) is 35.9 Å². The average Bonchev–Trinajstić information content (AvgIpc) is 2.35. The number of hydrogen-bond acceptors (Lipinski definition) is 3. The smallest absolute Gasteiger partial charge is 0.399 e. The van der Waals surface area contributed by atoms with Crippen molar-refractivity contribution in [1.82, 2.24) is 0 Å². The highest BCUT2D eigenvalue weighted by atomic mass is 35.5. The van der Waals surface area contributed by atoms with E-state index in [1.807, 2.05) is 0 Å². The standard InChI is InChI=1S/C13H12ClF3O3/c14-12(19)10(13(15,16)17)6-7-11(18)20-8-9-4-2-1-3-5-9/h1-5,10H,6-8H2/t10-/m0/s1. The van der Waals surface area contributed by atoms with Gasteiger partial charge >= 0.3 is 12.1 Å². The van der Waals surface area contributed by atoms with Crippen LogP contribution in [0.1, 0.15) is 18.4 Å². The molecule has 0 heterocycles. The van der Waals surface area contributed by atoms with Crippen LogP contribution in [0.3, 0.4) is 0 Å². The molecule has 0 radical (unpaired) electrons. The molecule has 0 aliphatic rings. The summed E-state index contributed by atoms with van der Waals surface area (Å²) in [6.45, 7) is -0.0226. The molecule has 1 rings (SSSR count). The van der Waals surface area contributed by atoms with Gasteiger partial charge in [0, 0.05) is 6.42 Å². The van der Waals surface area contributed by atoms with E-state index in [0.717, 1.165) is 5.56 Å². The maximum Gasteiger partial charge on any atom is 0.399 e. The molecule has 0 saturated heterocycles. The largest absolute Gasteiger partial charge is 0.461 e. The lowest BCUT2D eigenvalue weighted by Gasteiger charge is -2.15. The highest BCUT2D eigenvalue weighted by Crippen LogP contribution is 2.31. The van der Waals surface area contributed by atoms with Crippen LogP contribution >= 0.6 is 11.6 Å². The van der Waals surface area contributed by atoms with Crippen LogP contribution in [-0.2, 0) is 20.9 Å². The lowest BCUT2D eigenvalue weighted by Crippen LogP contribution is -2.28. The zero-order valence-electron chi connectivity index (χ0n) is 10.3. The number of carbonyl (C=O) groups excluding carboxylic acids is 2. The van der Waals surface area contributed by atoms with Gasteiger partial charge < -0.3 is 4.74 Å². The molecule has 0 saturated carbocycles. The third-order valence-corrected chi connectivity index (χ3v) is 2.81. The number of halogens is 4. The second-order valence-corrected chi connectivity index (χ2v) is 4.46. The molecule has 3 nitrogen and oxygen atoms in total. The zero-order valence-corrected chi connectivity index (χ0v) is 11.1. The molecular weight excluding hydrogens is 297 g/mol. The van der Waals surface area contributed by atoms with Crippen LogP contribution in [0.25, 0.3) is 0 Å². The topological polar surface area (TPSA) is 43.4 Å². The molecule has 0 N–H and O–H groups in total. The van der Waals surface area contributed by atoms with Crippen molar-refractivity contribution in [2.24, 2.45) is 5.92 Å². The van der Waals surface area contributed by atoms with Gasteiger partial charge in [0.2, 0.25) is 5.24 Å². The molecule has 0 aliphatic heterocycles. The first-order chi connectivity index (χ1) is 9.30. The fourth-order valence-corrected chi connectivity index (χ4v) is 1.71. The van der Waals surface area contributed by atoms with Gasteiger partial charge in [0.15, 0.2) is 0 Å². The molecular formula is C13H12ClF3O3. The van der Waals surface area contributed by atoms with Crippen molar-refractivity contribution in [3.8, 4) is 0 Å². The van der Waals surface area contributed by atoms with Crippen molar-refractivity contribution >= 4 is 22.8 Å². The summed E-state index contributed by atoms with van der Waals surface area (Å²) in [5.41, 5.74) is 0.724. The van der Waals surface area contributed by atoms with Gasteiger partial charge in [-0.2, -0.15) is 13.2 Å². The number of benzene rings is 1. The first kappa shape index (κ1) is 16.5. The zero-order chi connectivity index (χ0) is 15.2. The number of rotatable bonds is 6. The van der Waals surface area contributed by atoms with Crippen molar-refractivity contribution in [1.29, 1.82) is 0 Å². The number of carbonyl (C=O) groups is 2. The van der Waals surface area contributed by atoms with E-state index in [0.29, 0.717) is 0 Å². The van der Waals surface area contributed by atoms with Gasteiger partial charge in [0.25, 0.3) is 0 Å². The molecule has 110 valence electrons. The normalized spacial score (nSPS) is 12.8. The van der Waals surface area contributed by atoms with Crippen LogP contribution in [0.2, 0.25) is 0 Å². The van der Waals surface area contributed by atoms with E-state index >= 15 is 0 Å². The Kier molecular flexibility index (Phi) is 6.01. The lowest BCUT2D eigenvalue weighted by atomic mass is 10.0. The minimum atomic E-state index is -4.75. The quantitative estimate of drug-likeness (QED) is 0.597. The van der Waals surface area contributed by atoms with Gasteiger partial charge in [-0.25, -0.2) is 0 Å². The molecule has 7 heteroatoms. The van der Waals surface area contributed by atoms with Crippen molar-refractivity contribution in [2.75, 3.05) is 0 Å². The Bertz CT molecular complexity index is 460. The Morgan fingerprint density at radius 3 is 2.30 bits per heavy atom. The Morgan fingerprint density at radius 1 is 1.20 bits per heavy atom. The van der Waals surface area contributed by atoms with Crippen LogP contribution in [0, 0.1) is 5.92 Å². The molecule has 0 spiro atoms. The third kappa shape index (κ3) is 5.61. The predicted molar refractivity (Wildman–Crippen MR) is 65.9 cm³/mol. The van der Waals surface area contributed by atoms with Crippen LogP contribution in [0.15, 0.2) is 30.3 Å². The molecule has 20 heavy (non-hydrogen) atoms.